The zero-order valence-corrected chi connectivity index (χ0v) is 17.4. The third-order valence-corrected chi connectivity index (χ3v) is 6.79. The van der Waals surface area contributed by atoms with Crippen LogP contribution < -0.4 is 0 Å². The highest BCUT2D eigenvalue weighted by Gasteiger charge is 2.29. The first-order chi connectivity index (χ1) is 14.2. The van der Waals surface area contributed by atoms with Crippen molar-refractivity contribution in [3.8, 4) is 5.69 Å². The summed E-state index contributed by atoms with van der Waals surface area (Å²) in [6.07, 6.45) is 7.53. The van der Waals surface area contributed by atoms with E-state index in [0.29, 0.717) is 17.7 Å². The van der Waals surface area contributed by atoms with Crippen LogP contribution in [0.1, 0.15) is 50.8 Å². The van der Waals surface area contributed by atoms with Gasteiger partial charge in [0.2, 0.25) is 5.91 Å². The third-order valence-electron chi connectivity index (χ3n) is 5.81. The molecular formula is C22H25N5OS. The molecule has 0 radical (unpaired) electrons. The molecule has 0 unspecified atom stereocenters. The summed E-state index contributed by atoms with van der Waals surface area (Å²) in [5, 5.41) is 6.37. The van der Waals surface area contributed by atoms with Crippen LogP contribution in [0.15, 0.2) is 41.6 Å². The second-order valence-electron chi connectivity index (χ2n) is 8.01. The molecule has 1 saturated heterocycles. The molecule has 7 heteroatoms. The topological polar surface area (TPSA) is 63.9 Å². The summed E-state index contributed by atoms with van der Waals surface area (Å²) < 4.78 is 1.88. The highest BCUT2D eigenvalue weighted by molar-refractivity contribution is 8.00. The fraction of sp³-hybridized carbons (Fsp3) is 0.455. The maximum Gasteiger partial charge on any atom is 0.233 e. The van der Waals surface area contributed by atoms with Gasteiger partial charge < -0.3 is 4.90 Å². The molecule has 0 N–H and O–H groups in total. The lowest BCUT2D eigenvalue weighted by Gasteiger charge is -2.33. The van der Waals surface area contributed by atoms with Crippen molar-refractivity contribution in [2.75, 3.05) is 12.3 Å². The Morgan fingerprint density at radius 3 is 2.72 bits per heavy atom. The molecule has 2 fully saturated rings. The van der Waals surface area contributed by atoms with Gasteiger partial charge in [-0.2, -0.15) is 5.10 Å². The van der Waals surface area contributed by atoms with E-state index in [-0.39, 0.29) is 5.91 Å². The summed E-state index contributed by atoms with van der Waals surface area (Å²) >= 11 is 1.53. The lowest BCUT2D eigenvalue weighted by Crippen LogP contribution is -2.42. The SMILES string of the molecule is C[C@@H]1CCCCN1C(=O)CSc1nc(C2CC2)nc2c1cnn2-c1ccccc1. The normalized spacial score (nSPS) is 19.6. The largest absolute Gasteiger partial charge is 0.339 e. The predicted molar refractivity (Wildman–Crippen MR) is 114 cm³/mol. The van der Waals surface area contributed by atoms with Gasteiger partial charge in [-0.3, -0.25) is 4.79 Å². The van der Waals surface area contributed by atoms with Crippen molar-refractivity contribution in [3.63, 3.8) is 0 Å². The zero-order chi connectivity index (χ0) is 19.8. The molecule has 1 aliphatic heterocycles. The smallest absolute Gasteiger partial charge is 0.233 e. The van der Waals surface area contributed by atoms with Crippen LogP contribution in [-0.4, -0.2) is 48.9 Å². The second kappa shape index (κ2) is 7.78. The Bertz CT molecular complexity index is 1030. The van der Waals surface area contributed by atoms with Crippen LogP contribution in [0.25, 0.3) is 16.7 Å². The first-order valence-electron chi connectivity index (χ1n) is 10.4. The van der Waals surface area contributed by atoms with Gasteiger partial charge in [-0.25, -0.2) is 14.6 Å². The lowest BCUT2D eigenvalue weighted by molar-refractivity contribution is -0.131. The van der Waals surface area contributed by atoms with Gasteiger partial charge >= 0.3 is 0 Å². The standard InChI is InChI=1S/C22H25N5OS/c1-15-7-5-6-12-26(15)19(28)14-29-22-18-13-23-27(17-8-3-2-4-9-17)21(18)24-20(25-22)16-10-11-16/h2-4,8-9,13,15-16H,5-7,10-12,14H2,1H3/t15-/m1/s1. The first-order valence-corrected chi connectivity index (χ1v) is 11.4. The van der Waals surface area contributed by atoms with Gasteiger partial charge in [0.25, 0.3) is 0 Å². The molecule has 1 amide bonds. The van der Waals surface area contributed by atoms with E-state index in [9.17, 15) is 4.79 Å². The molecule has 1 aliphatic carbocycles. The van der Waals surface area contributed by atoms with Crippen LogP contribution >= 0.6 is 11.8 Å². The molecule has 0 spiro atoms. The van der Waals surface area contributed by atoms with Crippen molar-refractivity contribution in [2.45, 2.75) is 56.0 Å². The Hall–Kier alpha value is -2.41. The molecule has 29 heavy (non-hydrogen) atoms. The summed E-state index contributed by atoms with van der Waals surface area (Å²) in [5.74, 6) is 1.95. The molecule has 2 aliphatic rings. The number of benzene rings is 1. The van der Waals surface area contributed by atoms with Crippen LogP contribution in [0.2, 0.25) is 0 Å². The number of aromatic nitrogens is 4. The van der Waals surface area contributed by atoms with Crippen LogP contribution in [-0.2, 0) is 4.79 Å². The fourth-order valence-corrected chi connectivity index (χ4v) is 4.86. The van der Waals surface area contributed by atoms with Crippen LogP contribution in [0.4, 0.5) is 0 Å². The van der Waals surface area contributed by atoms with E-state index in [2.05, 4.69) is 12.0 Å². The third kappa shape index (κ3) is 3.75. The molecule has 6 nitrogen and oxygen atoms in total. The lowest BCUT2D eigenvalue weighted by atomic mass is 10.0. The maximum atomic E-state index is 12.8. The van der Waals surface area contributed by atoms with Crippen molar-refractivity contribution in [2.24, 2.45) is 0 Å². The molecule has 2 aromatic heterocycles. The number of fused-ring (bicyclic) bond motifs is 1. The molecule has 5 rings (SSSR count). The van der Waals surface area contributed by atoms with Crippen LogP contribution in [0, 0.1) is 0 Å². The van der Waals surface area contributed by atoms with E-state index in [1.165, 1.54) is 18.2 Å². The van der Waals surface area contributed by atoms with E-state index < -0.39 is 0 Å². The van der Waals surface area contributed by atoms with Gasteiger partial charge in [-0.15, -0.1) is 0 Å². The fourth-order valence-electron chi connectivity index (χ4n) is 3.97. The minimum atomic E-state index is 0.206. The number of carbonyl (C=O) groups is 1. The number of amides is 1. The summed E-state index contributed by atoms with van der Waals surface area (Å²) in [6, 6.07) is 10.4. The highest BCUT2D eigenvalue weighted by Crippen LogP contribution is 2.40. The van der Waals surface area contributed by atoms with E-state index in [4.69, 9.17) is 9.97 Å². The van der Waals surface area contributed by atoms with Gasteiger partial charge in [0, 0.05) is 18.5 Å². The maximum absolute atomic E-state index is 12.8. The number of carbonyl (C=O) groups excluding carboxylic acids is 1. The Morgan fingerprint density at radius 2 is 1.97 bits per heavy atom. The van der Waals surface area contributed by atoms with Crippen molar-refractivity contribution >= 4 is 28.7 Å². The van der Waals surface area contributed by atoms with Gasteiger partial charge in [0.15, 0.2) is 5.65 Å². The number of piperidine rings is 1. The number of para-hydroxylation sites is 1. The second-order valence-corrected chi connectivity index (χ2v) is 8.98. The van der Waals surface area contributed by atoms with Crippen molar-refractivity contribution in [1.82, 2.24) is 24.6 Å². The summed E-state index contributed by atoms with van der Waals surface area (Å²) in [6.45, 7) is 3.03. The summed E-state index contributed by atoms with van der Waals surface area (Å²) in [5.41, 5.74) is 1.81. The predicted octanol–water partition coefficient (Wildman–Crippen LogP) is 4.19. The number of likely N-dealkylation sites (tertiary alicyclic amines) is 1. The number of rotatable bonds is 5. The molecule has 1 atom stereocenters. The Labute approximate surface area is 174 Å². The molecule has 3 heterocycles. The molecule has 0 bridgehead atoms. The van der Waals surface area contributed by atoms with Gasteiger partial charge in [-0.05, 0) is 51.2 Å². The summed E-state index contributed by atoms with van der Waals surface area (Å²) in [7, 11) is 0. The van der Waals surface area contributed by atoms with Gasteiger partial charge in [0.05, 0.1) is 23.0 Å². The monoisotopic (exact) mass is 407 g/mol. The molecule has 1 aromatic carbocycles. The molecule has 150 valence electrons. The van der Waals surface area contributed by atoms with Crippen LogP contribution in [0.3, 0.4) is 0 Å². The van der Waals surface area contributed by atoms with E-state index in [1.807, 2.05) is 46.1 Å². The Morgan fingerprint density at radius 1 is 1.14 bits per heavy atom. The average Bonchev–Trinajstić information content (AvgIpc) is 3.52. The first kappa shape index (κ1) is 18.6. The zero-order valence-electron chi connectivity index (χ0n) is 16.6. The minimum absolute atomic E-state index is 0.206. The summed E-state index contributed by atoms with van der Waals surface area (Å²) in [4.78, 5) is 24.5. The van der Waals surface area contributed by atoms with Crippen molar-refractivity contribution in [1.29, 1.82) is 0 Å². The quantitative estimate of drug-likeness (QED) is 0.469. The van der Waals surface area contributed by atoms with Crippen molar-refractivity contribution < 1.29 is 4.79 Å². The van der Waals surface area contributed by atoms with Gasteiger partial charge in [0.1, 0.15) is 10.9 Å². The van der Waals surface area contributed by atoms with E-state index in [0.717, 1.165) is 59.8 Å². The Balaban J connectivity index is 1.45. The Kier molecular flexibility index (Phi) is 4.99. The molecular weight excluding hydrogens is 382 g/mol. The number of hydrogen-bond acceptors (Lipinski definition) is 5. The van der Waals surface area contributed by atoms with E-state index >= 15 is 0 Å². The average molecular weight is 408 g/mol. The molecule has 3 aromatic rings. The number of nitrogens with zero attached hydrogens (tertiary/aromatic N) is 5. The highest BCUT2D eigenvalue weighted by atomic mass is 32.2. The van der Waals surface area contributed by atoms with Gasteiger partial charge in [-0.1, -0.05) is 30.0 Å². The number of thioether (sulfide) groups is 1. The molecule has 1 saturated carbocycles. The van der Waals surface area contributed by atoms with Crippen molar-refractivity contribution in [3.05, 3.63) is 42.4 Å². The van der Waals surface area contributed by atoms with Crippen LogP contribution in [0.5, 0.6) is 0 Å². The minimum Gasteiger partial charge on any atom is -0.339 e. The number of hydrogen-bond donors (Lipinski definition) is 0. The van der Waals surface area contributed by atoms with E-state index in [1.54, 1.807) is 0 Å².